The van der Waals surface area contributed by atoms with Crippen LogP contribution in [0.15, 0.2) is 39.2 Å². The Labute approximate surface area is 115 Å². The van der Waals surface area contributed by atoms with Crippen molar-refractivity contribution in [1.29, 1.82) is 0 Å². The quantitative estimate of drug-likeness (QED) is 0.866. The van der Waals surface area contributed by atoms with Crippen molar-refractivity contribution in [3.8, 4) is 11.3 Å². The highest BCUT2D eigenvalue weighted by atomic mass is 79.9. The van der Waals surface area contributed by atoms with Crippen LogP contribution >= 0.6 is 28.3 Å². The van der Waals surface area contributed by atoms with Crippen LogP contribution < -0.4 is 5.32 Å². The number of hydrogen-bond donors (Lipinski definition) is 1. The Bertz CT molecular complexity index is 483. The molecule has 1 aliphatic rings. The van der Waals surface area contributed by atoms with Crippen molar-refractivity contribution in [2.24, 2.45) is 0 Å². The van der Waals surface area contributed by atoms with Crippen molar-refractivity contribution in [1.82, 2.24) is 5.32 Å². The number of furan rings is 1. The molecule has 2 aromatic rings. The fraction of sp³-hybridized carbons (Fsp3) is 0.231. The first-order valence-electron chi connectivity index (χ1n) is 5.41. The molecular formula is C13H13BrClNO. The smallest absolute Gasteiger partial charge is 0.134 e. The molecule has 4 heteroatoms. The molecule has 0 atom stereocenters. The second-order valence-electron chi connectivity index (χ2n) is 3.99. The van der Waals surface area contributed by atoms with Gasteiger partial charge in [0.2, 0.25) is 0 Å². The van der Waals surface area contributed by atoms with Crippen LogP contribution in [-0.4, -0.2) is 6.54 Å². The van der Waals surface area contributed by atoms with Gasteiger partial charge in [-0.15, -0.1) is 12.4 Å². The van der Waals surface area contributed by atoms with E-state index in [1.165, 1.54) is 5.56 Å². The molecule has 3 rings (SSSR count). The molecule has 0 radical (unpaired) electrons. The summed E-state index contributed by atoms with van der Waals surface area (Å²) in [6.07, 6.45) is 1.06. The molecule has 2 nitrogen and oxygen atoms in total. The molecule has 0 amide bonds. The summed E-state index contributed by atoms with van der Waals surface area (Å²) in [6.45, 7) is 1.90. The highest BCUT2D eigenvalue weighted by Gasteiger charge is 2.15. The zero-order valence-electron chi connectivity index (χ0n) is 9.20. The second-order valence-corrected chi connectivity index (χ2v) is 4.91. The summed E-state index contributed by atoms with van der Waals surface area (Å²) >= 11 is 3.43. The van der Waals surface area contributed by atoms with Gasteiger partial charge >= 0.3 is 0 Å². The van der Waals surface area contributed by atoms with Gasteiger partial charge in [0.1, 0.15) is 11.5 Å². The average Bonchev–Trinajstić information content (AvgIpc) is 2.73. The largest absolute Gasteiger partial charge is 0.459 e. The number of rotatable bonds is 1. The highest BCUT2D eigenvalue weighted by molar-refractivity contribution is 9.10. The summed E-state index contributed by atoms with van der Waals surface area (Å²) in [5, 5.41) is 3.31. The van der Waals surface area contributed by atoms with Gasteiger partial charge in [-0.2, -0.15) is 0 Å². The number of fused-ring (bicyclic) bond motifs is 1. The summed E-state index contributed by atoms with van der Waals surface area (Å²) in [6, 6.07) is 10.4. The van der Waals surface area contributed by atoms with Crippen LogP contribution in [0.2, 0.25) is 0 Å². The number of benzene rings is 1. The summed E-state index contributed by atoms with van der Waals surface area (Å²) in [4.78, 5) is 0. The molecule has 2 heterocycles. The molecule has 1 N–H and O–H groups in total. The normalized spacial score (nSPS) is 13.9. The standard InChI is InChI=1S/C13H12BrNO.ClH/c14-11-3-1-9(2-4-11)12-7-10-5-6-15-8-13(10)16-12;/h1-4,7,15H,5-6,8H2;1H. The average molecular weight is 315 g/mol. The Balaban J connectivity index is 0.00000108. The van der Waals surface area contributed by atoms with Crippen LogP contribution in [0.5, 0.6) is 0 Å². The fourth-order valence-electron chi connectivity index (χ4n) is 2.01. The predicted octanol–water partition coefficient (Wildman–Crippen LogP) is 3.78. The Morgan fingerprint density at radius 3 is 2.65 bits per heavy atom. The summed E-state index contributed by atoms with van der Waals surface area (Å²) in [5.74, 6) is 2.06. The number of hydrogen-bond acceptors (Lipinski definition) is 2. The van der Waals surface area contributed by atoms with Gasteiger partial charge in [-0.1, -0.05) is 28.1 Å². The van der Waals surface area contributed by atoms with E-state index in [2.05, 4.69) is 39.4 Å². The van der Waals surface area contributed by atoms with Crippen molar-refractivity contribution in [3.63, 3.8) is 0 Å². The van der Waals surface area contributed by atoms with E-state index in [-0.39, 0.29) is 12.4 Å². The highest BCUT2D eigenvalue weighted by Crippen LogP contribution is 2.28. The number of halogens is 2. The van der Waals surface area contributed by atoms with E-state index in [9.17, 15) is 0 Å². The summed E-state index contributed by atoms with van der Waals surface area (Å²) in [5.41, 5.74) is 2.48. The maximum Gasteiger partial charge on any atom is 0.134 e. The lowest BCUT2D eigenvalue weighted by atomic mass is 10.1. The van der Waals surface area contributed by atoms with E-state index in [0.717, 1.165) is 41.1 Å². The first-order valence-corrected chi connectivity index (χ1v) is 6.20. The fourth-order valence-corrected chi connectivity index (χ4v) is 2.27. The van der Waals surface area contributed by atoms with E-state index in [1.54, 1.807) is 0 Å². The molecular weight excluding hydrogens is 302 g/mol. The molecule has 90 valence electrons. The Kier molecular flexibility index (Phi) is 3.92. The zero-order chi connectivity index (χ0) is 11.0. The van der Waals surface area contributed by atoms with E-state index < -0.39 is 0 Å². The Hall–Kier alpha value is -0.770. The van der Waals surface area contributed by atoms with Gasteiger partial charge in [0.25, 0.3) is 0 Å². The van der Waals surface area contributed by atoms with E-state index >= 15 is 0 Å². The van der Waals surface area contributed by atoms with Crippen LogP contribution in [-0.2, 0) is 13.0 Å². The van der Waals surface area contributed by atoms with Crippen LogP contribution in [0, 0.1) is 0 Å². The lowest BCUT2D eigenvalue weighted by Gasteiger charge is -2.09. The number of nitrogens with one attached hydrogen (secondary N) is 1. The van der Waals surface area contributed by atoms with Gasteiger partial charge in [0.15, 0.2) is 0 Å². The monoisotopic (exact) mass is 313 g/mol. The second kappa shape index (κ2) is 5.25. The third-order valence-electron chi connectivity index (χ3n) is 2.88. The van der Waals surface area contributed by atoms with Gasteiger partial charge in [-0.25, -0.2) is 0 Å². The third kappa shape index (κ3) is 2.57. The van der Waals surface area contributed by atoms with Gasteiger partial charge in [-0.3, -0.25) is 0 Å². The molecule has 0 saturated heterocycles. The van der Waals surface area contributed by atoms with Crippen molar-refractivity contribution in [3.05, 3.63) is 46.1 Å². The molecule has 17 heavy (non-hydrogen) atoms. The lowest BCUT2D eigenvalue weighted by molar-refractivity contribution is 0.472. The Morgan fingerprint density at radius 1 is 1.18 bits per heavy atom. The van der Waals surface area contributed by atoms with E-state index in [1.807, 2.05) is 12.1 Å². The van der Waals surface area contributed by atoms with Crippen LogP contribution in [0.25, 0.3) is 11.3 Å². The topological polar surface area (TPSA) is 25.2 Å². The lowest BCUT2D eigenvalue weighted by Crippen LogP contribution is -2.22. The van der Waals surface area contributed by atoms with Gasteiger partial charge in [0.05, 0.1) is 6.54 Å². The molecule has 0 saturated carbocycles. The summed E-state index contributed by atoms with van der Waals surface area (Å²) < 4.78 is 6.95. The van der Waals surface area contributed by atoms with E-state index in [4.69, 9.17) is 4.42 Å². The molecule has 1 aromatic carbocycles. The van der Waals surface area contributed by atoms with Crippen molar-refractivity contribution >= 4 is 28.3 Å². The predicted molar refractivity (Wildman–Crippen MR) is 74.5 cm³/mol. The molecule has 0 bridgehead atoms. The van der Waals surface area contributed by atoms with Gasteiger partial charge < -0.3 is 9.73 Å². The maximum atomic E-state index is 5.85. The summed E-state index contributed by atoms with van der Waals surface area (Å²) in [7, 11) is 0. The maximum absolute atomic E-state index is 5.85. The van der Waals surface area contributed by atoms with E-state index in [0.29, 0.717) is 0 Å². The Morgan fingerprint density at radius 2 is 1.94 bits per heavy atom. The molecule has 0 spiro atoms. The van der Waals surface area contributed by atoms with Crippen molar-refractivity contribution in [2.45, 2.75) is 13.0 Å². The van der Waals surface area contributed by atoms with Crippen LogP contribution in [0.4, 0.5) is 0 Å². The van der Waals surface area contributed by atoms with Crippen LogP contribution in [0.1, 0.15) is 11.3 Å². The first-order chi connectivity index (χ1) is 7.83. The van der Waals surface area contributed by atoms with Crippen molar-refractivity contribution in [2.75, 3.05) is 6.54 Å². The van der Waals surface area contributed by atoms with Crippen LogP contribution in [0.3, 0.4) is 0 Å². The minimum absolute atomic E-state index is 0. The minimum atomic E-state index is 0. The van der Waals surface area contributed by atoms with Gasteiger partial charge in [0, 0.05) is 10.0 Å². The minimum Gasteiger partial charge on any atom is -0.459 e. The molecule has 0 unspecified atom stereocenters. The molecule has 0 fully saturated rings. The first kappa shape index (κ1) is 12.7. The molecule has 0 aliphatic carbocycles. The molecule has 1 aliphatic heterocycles. The van der Waals surface area contributed by atoms with Gasteiger partial charge in [-0.05, 0) is 36.7 Å². The SMILES string of the molecule is Brc1ccc(-c2cc3c(o2)CNCC3)cc1.Cl. The van der Waals surface area contributed by atoms with Crippen molar-refractivity contribution < 1.29 is 4.42 Å². The zero-order valence-corrected chi connectivity index (χ0v) is 11.6. The molecule has 1 aromatic heterocycles. The third-order valence-corrected chi connectivity index (χ3v) is 3.41.